The van der Waals surface area contributed by atoms with Crippen LogP contribution in [-0.2, 0) is 0 Å². The third-order valence-electron chi connectivity index (χ3n) is 4.69. The van der Waals surface area contributed by atoms with Gasteiger partial charge in [-0.3, -0.25) is 4.40 Å². The molecule has 1 fully saturated rings. The fraction of sp³-hybridized carbons (Fsp3) is 0.625. The van der Waals surface area contributed by atoms with Gasteiger partial charge in [-0.05, 0) is 37.3 Å². The molecule has 0 aliphatic heterocycles. The van der Waals surface area contributed by atoms with Crippen LogP contribution in [0.3, 0.4) is 0 Å². The minimum atomic E-state index is 0.217. The number of nitrogens with zero attached hydrogens (tertiary/aromatic N) is 3. The standard InChI is InChI=1S/C16H24N4/c1-12(17-13-8-4-6-10-16(13,2)3)15-19-18-14-9-5-7-11-20(14)15/h5,7,9,11-13,17H,4,6,8,10H2,1-3H3. The topological polar surface area (TPSA) is 42.2 Å². The van der Waals surface area contributed by atoms with Crippen LogP contribution < -0.4 is 5.32 Å². The summed E-state index contributed by atoms with van der Waals surface area (Å²) >= 11 is 0. The molecule has 2 unspecified atom stereocenters. The van der Waals surface area contributed by atoms with Crippen LogP contribution >= 0.6 is 0 Å². The second kappa shape index (κ2) is 5.17. The first-order chi connectivity index (χ1) is 9.58. The molecule has 4 heteroatoms. The minimum Gasteiger partial charge on any atom is -0.304 e. The van der Waals surface area contributed by atoms with E-state index in [-0.39, 0.29) is 6.04 Å². The molecule has 0 aromatic carbocycles. The number of fused-ring (bicyclic) bond motifs is 1. The van der Waals surface area contributed by atoms with E-state index in [0.717, 1.165) is 11.5 Å². The van der Waals surface area contributed by atoms with E-state index >= 15 is 0 Å². The van der Waals surface area contributed by atoms with Gasteiger partial charge in [0.15, 0.2) is 11.5 Å². The van der Waals surface area contributed by atoms with E-state index in [1.54, 1.807) is 0 Å². The van der Waals surface area contributed by atoms with Crippen molar-refractivity contribution in [3.05, 3.63) is 30.2 Å². The van der Waals surface area contributed by atoms with E-state index < -0.39 is 0 Å². The predicted octanol–water partition coefficient (Wildman–Crippen LogP) is 3.35. The van der Waals surface area contributed by atoms with Gasteiger partial charge in [-0.1, -0.05) is 32.8 Å². The van der Waals surface area contributed by atoms with Crippen LogP contribution in [0.15, 0.2) is 24.4 Å². The number of nitrogens with one attached hydrogen (secondary N) is 1. The summed E-state index contributed by atoms with van der Waals surface area (Å²) < 4.78 is 2.08. The van der Waals surface area contributed by atoms with Gasteiger partial charge in [0.2, 0.25) is 0 Å². The second-order valence-electron chi connectivity index (χ2n) is 6.66. The lowest BCUT2D eigenvalue weighted by atomic mass is 9.73. The Balaban J connectivity index is 1.80. The smallest absolute Gasteiger partial charge is 0.160 e. The zero-order valence-corrected chi connectivity index (χ0v) is 12.6. The molecule has 1 saturated carbocycles. The highest BCUT2D eigenvalue weighted by molar-refractivity contribution is 5.37. The first-order valence-corrected chi connectivity index (χ1v) is 7.64. The van der Waals surface area contributed by atoms with Gasteiger partial charge in [0.1, 0.15) is 0 Å². The van der Waals surface area contributed by atoms with Gasteiger partial charge in [-0.25, -0.2) is 0 Å². The maximum Gasteiger partial charge on any atom is 0.160 e. The van der Waals surface area contributed by atoms with Crippen molar-refractivity contribution in [2.75, 3.05) is 0 Å². The van der Waals surface area contributed by atoms with Crippen LogP contribution in [0.5, 0.6) is 0 Å². The summed E-state index contributed by atoms with van der Waals surface area (Å²) in [6, 6.07) is 6.79. The normalized spacial score (nSPS) is 23.9. The van der Waals surface area contributed by atoms with E-state index in [4.69, 9.17) is 0 Å². The van der Waals surface area contributed by atoms with E-state index in [1.807, 2.05) is 24.4 Å². The summed E-state index contributed by atoms with van der Waals surface area (Å²) in [4.78, 5) is 0. The number of pyridine rings is 1. The van der Waals surface area contributed by atoms with Gasteiger partial charge in [0, 0.05) is 12.2 Å². The Morgan fingerprint density at radius 3 is 2.95 bits per heavy atom. The molecule has 1 aliphatic rings. The molecule has 4 nitrogen and oxygen atoms in total. The van der Waals surface area contributed by atoms with Crippen LogP contribution in [0.2, 0.25) is 0 Å². The molecule has 2 heterocycles. The fourth-order valence-corrected chi connectivity index (χ4v) is 3.33. The van der Waals surface area contributed by atoms with Gasteiger partial charge in [0.05, 0.1) is 6.04 Å². The minimum absolute atomic E-state index is 0.217. The van der Waals surface area contributed by atoms with Gasteiger partial charge < -0.3 is 5.32 Å². The summed E-state index contributed by atoms with van der Waals surface area (Å²) in [5, 5.41) is 12.4. The molecular weight excluding hydrogens is 248 g/mol. The lowest BCUT2D eigenvalue weighted by Gasteiger charge is -2.40. The van der Waals surface area contributed by atoms with Crippen molar-refractivity contribution in [1.29, 1.82) is 0 Å². The van der Waals surface area contributed by atoms with Crippen LogP contribution in [-0.4, -0.2) is 20.6 Å². The van der Waals surface area contributed by atoms with Gasteiger partial charge in [0.25, 0.3) is 0 Å². The molecule has 2 atom stereocenters. The van der Waals surface area contributed by atoms with E-state index in [1.165, 1.54) is 25.7 Å². The van der Waals surface area contributed by atoms with Crippen molar-refractivity contribution in [3.8, 4) is 0 Å². The van der Waals surface area contributed by atoms with Crippen molar-refractivity contribution >= 4 is 5.65 Å². The predicted molar refractivity (Wildman–Crippen MR) is 80.6 cm³/mol. The Morgan fingerprint density at radius 1 is 1.30 bits per heavy atom. The highest BCUT2D eigenvalue weighted by atomic mass is 15.3. The Labute approximate surface area is 120 Å². The van der Waals surface area contributed by atoms with Gasteiger partial charge in [-0.15, -0.1) is 10.2 Å². The van der Waals surface area contributed by atoms with Gasteiger partial charge >= 0.3 is 0 Å². The largest absolute Gasteiger partial charge is 0.304 e. The molecule has 108 valence electrons. The third-order valence-corrected chi connectivity index (χ3v) is 4.69. The number of hydrogen-bond donors (Lipinski definition) is 1. The molecule has 3 rings (SSSR count). The Bertz CT molecular complexity index is 587. The zero-order chi connectivity index (χ0) is 14.2. The number of rotatable bonds is 3. The van der Waals surface area contributed by atoms with Crippen LogP contribution in [0, 0.1) is 5.41 Å². The first-order valence-electron chi connectivity index (χ1n) is 7.64. The molecule has 0 bridgehead atoms. The molecule has 2 aromatic heterocycles. The summed E-state index contributed by atoms with van der Waals surface area (Å²) in [6.45, 7) is 6.94. The number of aromatic nitrogens is 3. The average Bonchev–Trinajstić information content (AvgIpc) is 2.85. The van der Waals surface area contributed by atoms with Crippen molar-refractivity contribution in [2.45, 2.75) is 58.5 Å². The van der Waals surface area contributed by atoms with Crippen molar-refractivity contribution in [3.63, 3.8) is 0 Å². The van der Waals surface area contributed by atoms with E-state index in [9.17, 15) is 0 Å². The second-order valence-corrected chi connectivity index (χ2v) is 6.66. The Hall–Kier alpha value is -1.42. The van der Waals surface area contributed by atoms with Crippen LogP contribution in [0.4, 0.5) is 0 Å². The summed E-state index contributed by atoms with van der Waals surface area (Å²) in [7, 11) is 0. The first kappa shape index (κ1) is 13.6. The summed E-state index contributed by atoms with van der Waals surface area (Å²) in [6.07, 6.45) is 7.28. The molecule has 2 aromatic rings. The Kier molecular flexibility index (Phi) is 3.50. The molecular formula is C16H24N4. The molecule has 0 saturated heterocycles. The monoisotopic (exact) mass is 272 g/mol. The molecule has 0 radical (unpaired) electrons. The molecule has 1 aliphatic carbocycles. The zero-order valence-electron chi connectivity index (χ0n) is 12.6. The molecule has 0 amide bonds. The number of hydrogen-bond acceptors (Lipinski definition) is 3. The van der Waals surface area contributed by atoms with Crippen LogP contribution in [0.25, 0.3) is 5.65 Å². The molecule has 0 spiro atoms. The summed E-state index contributed by atoms with van der Waals surface area (Å²) in [5.74, 6) is 1.00. The van der Waals surface area contributed by atoms with Crippen LogP contribution in [0.1, 0.15) is 58.3 Å². The lowest BCUT2D eigenvalue weighted by Crippen LogP contribution is -2.45. The maximum atomic E-state index is 4.36. The molecule has 1 N–H and O–H groups in total. The summed E-state index contributed by atoms with van der Waals surface area (Å²) in [5.41, 5.74) is 1.28. The highest BCUT2D eigenvalue weighted by Gasteiger charge is 2.33. The molecule has 20 heavy (non-hydrogen) atoms. The van der Waals surface area contributed by atoms with Crippen molar-refractivity contribution in [1.82, 2.24) is 19.9 Å². The average molecular weight is 272 g/mol. The highest BCUT2D eigenvalue weighted by Crippen LogP contribution is 2.36. The third kappa shape index (κ3) is 2.44. The SMILES string of the molecule is CC(NC1CCCCC1(C)C)c1nnc2ccccn12. The van der Waals surface area contributed by atoms with E-state index in [2.05, 4.69) is 40.7 Å². The van der Waals surface area contributed by atoms with E-state index in [0.29, 0.717) is 11.5 Å². The Morgan fingerprint density at radius 2 is 2.15 bits per heavy atom. The lowest BCUT2D eigenvalue weighted by molar-refractivity contribution is 0.156. The van der Waals surface area contributed by atoms with Crippen molar-refractivity contribution < 1.29 is 0 Å². The fourth-order valence-electron chi connectivity index (χ4n) is 3.33. The van der Waals surface area contributed by atoms with Crippen molar-refractivity contribution in [2.24, 2.45) is 5.41 Å². The quantitative estimate of drug-likeness (QED) is 0.931. The maximum absolute atomic E-state index is 4.36. The van der Waals surface area contributed by atoms with Gasteiger partial charge in [-0.2, -0.15) is 0 Å².